The first-order valence-corrected chi connectivity index (χ1v) is 6.70. The molecule has 0 saturated carbocycles. The number of carbonyl (C=O) groups excluding carboxylic acids is 1. The molecule has 2 aromatic rings. The summed E-state index contributed by atoms with van der Waals surface area (Å²) in [6.45, 7) is 0.352. The quantitative estimate of drug-likeness (QED) is 0.768. The molecule has 0 aliphatic heterocycles. The van der Waals surface area contributed by atoms with Crippen LogP contribution in [-0.2, 0) is 11.3 Å². The Morgan fingerprint density at radius 1 is 0.955 bits per heavy atom. The van der Waals surface area contributed by atoms with Crippen molar-refractivity contribution in [1.29, 1.82) is 0 Å². The third-order valence-corrected chi connectivity index (χ3v) is 3.10. The van der Waals surface area contributed by atoms with Gasteiger partial charge in [0.2, 0.25) is 5.75 Å². The van der Waals surface area contributed by atoms with Crippen molar-refractivity contribution < 1.29 is 23.7 Å². The van der Waals surface area contributed by atoms with Crippen LogP contribution in [-0.4, -0.2) is 27.3 Å². The van der Waals surface area contributed by atoms with Gasteiger partial charge in [0, 0.05) is 0 Å². The molecule has 0 radical (unpaired) electrons. The Kier molecular flexibility index (Phi) is 5.25. The summed E-state index contributed by atoms with van der Waals surface area (Å²) >= 11 is 0. The van der Waals surface area contributed by atoms with Gasteiger partial charge in [0.1, 0.15) is 6.61 Å². The van der Waals surface area contributed by atoms with E-state index in [2.05, 4.69) is 0 Å². The molecule has 0 aliphatic rings. The minimum absolute atomic E-state index is 0.336. The fraction of sp³-hybridized carbons (Fsp3) is 0.235. The SMILES string of the molecule is COC(=O)c1cc(OC)c(OC)c(OCc2ccccc2)c1. The lowest BCUT2D eigenvalue weighted by Crippen LogP contribution is -2.05. The van der Waals surface area contributed by atoms with Crippen LogP contribution in [0, 0.1) is 0 Å². The molecular weight excluding hydrogens is 284 g/mol. The average Bonchev–Trinajstić information content (AvgIpc) is 2.59. The van der Waals surface area contributed by atoms with Crippen molar-refractivity contribution in [2.45, 2.75) is 6.61 Å². The standard InChI is InChI=1S/C17H18O5/c1-19-14-9-13(17(18)21-3)10-15(16(14)20-2)22-11-12-7-5-4-6-8-12/h4-10H,11H2,1-3H3. The van der Waals surface area contributed by atoms with Gasteiger partial charge in [0.15, 0.2) is 11.5 Å². The van der Waals surface area contributed by atoms with Crippen LogP contribution in [0.3, 0.4) is 0 Å². The largest absolute Gasteiger partial charge is 0.493 e. The van der Waals surface area contributed by atoms with E-state index < -0.39 is 5.97 Å². The minimum atomic E-state index is -0.467. The van der Waals surface area contributed by atoms with E-state index >= 15 is 0 Å². The summed E-state index contributed by atoms with van der Waals surface area (Å²) in [5.74, 6) is 0.802. The smallest absolute Gasteiger partial charge is 0.338 e. The van der Waals surface area contributed by atoms with E-state index in [-0.39, 0.29) is 0 Å². The number of esters is 1. The zero-order valence-electron chi connectivity index (χ0n) is 12.8. The van der Waals surface area contributed by atoms with E-state index in [9.17, 15) is 4.79 Å². The number of benzene rings is 2. The van der Waals surface area contributed by atoms with Gasteiger partial charge in [-0.1, -0.05) is 30.3 Å². The third kappa shape index (κ3) is 3.49. The van der Waals surface area contributed by atoms with Crippen molar-refractivity contribution in [1.82, 2.24) is 0 Å². The Balaban J connectivity index is 2.32. The molecule has 22 heavy (non-hydrogen) atoms. The maximum atomic E-state index is 11.7. The molecule has 5 nitrogen and oxygen atoms in total. The Bertz CT molecular complexity index is 637. The van der Waals surface area contributed by atoms with Crippen LogP contribution in [0.15, 0.2) is 42.5 Å². The summed E-state index contributed by atoms with van der Waals surface area (Å²) in [6.07, 6.45) is 0. The van der Waals surface area contributed by atoms with Crippen molar-refractivity contribution in [2.24, 2.45) is 0 Å². The van der Waals surface area contributed by atoms with E-state index in [1.54, 1.807) is 12.1 Å². The van der Waals surface area contributed by atoms with Crippen molar-refractivity contribution in [2.75, 3.05) is 21.3 Å². The highest BCUT2D eigenvalue weighted by Crippen LogP contribution is 2.39. The molecule has 0 N–H and O–H groups in total. The first kappa shape index (κ1) is 15.7. The van der Waals surface area contributed by atoms with Gasteiger partial charge >= 0.3 is 5.97 Å². The van der Waals surface area contributed by atoms with Gasteiger partial charge in [0.05, 0.1) is 26.9 Å². The number of hydrogen-bond acceptors (Lipinski definition) is 5. The van der Waals surface area contributed by atoms with Crippen molar-refractivity contribution in [3.05, 3.63) is 53.6 Å². The topological polar surface area (TPSA) is 54.0 Å². The van der Waals surface area contributed by atoms with Crippen LogP contribution in [0.2, 0.25) is 0 Å². The van der Waals surface area contributed by atoms with Gasteiger partial charge in [0.25, 0.3) is 0 Å². The van der Waals surface area contributed by atoms with Crippen molar-refractivity contribution >= 4 is 5.97 Å². The Morgan fingerprint density at radius 2 is 1.64 bits per heavy atom. The van der Waals surface area contributed by atoms with Gasteiger partial charge in [-0.05, 0) is 17.7 Å². The predicted octanol–water partition coefficient (Wildman–Crippen LogP) is 3.07. The number of rotatable bonds is 6. The summed E-state index contributed by atoms with van der Waals surface area (Å²) in [5, 5.41) is 0. The molecule has 0 spiro atoms. The van der Waals surface area contributed by atoms with Gasteiger partial charge in [-0.2, -0.15) is 0 Å². The Hall–Kier alpha value is -2.69. The molecule has 0 amide bonds. The minimum Gasteiger partial charge on any atom is -0.493 e. The lowest BCUT2D eigenvalue weighted by Gasteiger charge is -2.15. The van der Waals surface area contributed by atoms with Gasteiger partial charge in [-0.15, -0.1) is 0 Å². The lowest BCUT2D eigenvalue weighted by atomic mass is 10.2. The number of carbonyl (C=O) groups is 1. The molecule has 5 heteroatoms. The van der Waals surface area contributed by atoms with Crippen molar-refractivity contribution in [3.63, 3.8) is 0 Å². The first-order chi connectivity index (χ1) is 10.7. The highest BCUT2D eigenvalue weighted by molar-refractivity contribution is 5.91. The second-order valence-electron chi connectivity index (χ2n) is 4.48. The van der Waals surface area contributed by atoms with E-state index in [0.29, 0.717) is 29.4 Å². The molecule has 0 atom stereocenters. The van der Waals surface area contributed by atoms with Crippen LogP contribution in [0.25, 0.3) is 0 Å². The monoisotopic (exact) mass is 302 g/mol. The fourth-order valence-electron chi connectivity index (χ4n) is 2.01. The van der Waals surface area contributed by atoms with Gasteiger partial charge in [-0.25, -0.2) is 4.79 Å². The average molecular weight is 302 g/mol. The summed E-state index contributed by atoms with van der Waals surface area (Å²) in [6, 6.07) is 12.8. The summed E-state index contributed by atoms with van der Waals surface area (Å²) in [4.78, 5) is 11.7. The molecule has 0 heterocycles. The number of ether oxygens (including phenoxy) is 4. The molecule has 0 fully saturated rings. The van der Waals surface area contributed by atoms with Crippen molar-refractivity contribution in [3.8, 4) is 17.2 Å². The second kappa shape index (κ2) is 7.36. The summed E-state index contributed by atoms with van der Waals surface area (Å²) in [5.41, 5.74) is 1.34. The summed E-state index contributed by atoms with van der Waals surface area (Å²) in [7, 11) is 4.34. The molecule has 2 rings (SSSR count). The highest BCUT2D eigenvalue weighted by Gasteiger charge is 2.17. The fourth-order valence-corrected chi connectivity index (χ4v) is 2.01. The van der Waals surface area contributed by atoms with Crippen LogP contribution >= 0.6 is 0 Å². The second-order valence-corrected chi connectivity index (χ2v) is 4.48. The maximum absolute atomic E-state index is 11.7. The molecule has 0 aliphatic carbocycles. The molecule has 0 unspecified atom stereocenters. The van der Waals surface area contributed by atoms with Gasteiger partial charge in [-0.3, -0.25) is 0 Å². The highest BCUT2D eigenvalue weighted by atomic mass is 16.5. The molecule has 116 valence electrons. The molecule has 0 saturated heterocycles. The van der Waals surface area contributed by atoms with E-state index in [1.807, 2.05) is 30.3 Å². The first-order valence-electron chi connectivity index (χ1n) is 6.70. The Labute approximate surface area is 129 Å². The van der Waals surface area contributed by atoms with E-state index in [4.69, 9.17) is 18.9 Å². The van der Waals surface area contributed by atoms with Crippen LogP contribution in [0.5, 0.6) is 17.2 Å². The molecule has 2 aromatic carbocycles. The molecule has 0 aromatic heterocycles. The number of methoxy groups -OCH3 is 3. The molecule has 0 bridgehead atoms. The summed E-state index contributed by atoms with van der Waals surface area (Å²) < 4.78 is 21.1. The molecular formula is C17H18O5. The van der Waals surface area contributed by atoms with Crippen LogP contribution in [0.1, 0.15) is 15.9 Å². The van der Waals surface area contributed by atoms with Crippen LogP contribution < -0.4 is 14.2 Å². The van der Waals surface area contributed by atoms with Crippen LogP contribution in [0.4, 0.5) is 0 Å². The zero-order chi connectivity index (χ0) is 15.9. The number of hydrogen-bond donors (Lipinski definition) is 0. The third-order valence-electron chi connectivity index (χ3n) is 3.10. The Morgan fingerprint density at radius 3 is 2.23 bits per heavy atom. The van der Waals surface area contributed by atoms with E-state index in [0.717, 1.165) is 5.56 Å². The maximum Gasteiger partial charge on any atom is 0.338 e. The lowest BCUT2D eigenvalue weighted by molar-refractivity contribution is 0.0599. The predicted molar refractivity (Wildman–Crippen MR) is 81.7 cm³/mol. The normalized spacial score (nSPS) is 9.95. The zero-order valence-corrected chi connectivity index (χ0v) is 12.8. The van der Waals surface area contributed by atoms with E-state index in [1.165, 1.54) is 21.3 Å². The van der Waals surface area contributed by atoms with Gasteiger partial charge < -0.3 is 18.9 Å².